The van der Waals surface area contributed by atoms with Crippen molar-refractivity contribution < 1.29 is 9.63 Å². The van der Waals surface area contributed by atoms with Crippen LogP contribution in [0.4, 0.5) is 5.82 Å². The Bertz CT molecular complexity index is 956. The molecule has 1 aliphatic heterocycles. The highest BCUT2D eigenvalue weighted by atomic mass is 16.5. The van der Waals surface area contributed by atoms with Crippen LogP contribution in [0.2, 0.25) is 0 Å². The number of anilines is 1. The lowest BCUT2D eigenvalue weighted by atomic mass is 9.75. The zero-order chi connectivity index (χ0) is 19.4. The molecule has 142 valence electrons. The van der Waals surface area contributed by atoms with Crippen molar-refractivity contribution in [1.82, 2.24) is 20.3 Å². The molecule has 4 rings (SSSR count). The predicted octanol–water partition coefficient (Wildman–Crippen LogP) is 2.37. The fraction of sp³-hybridized carbons (Fsp3) is 0.350. The second kappa shape index (κ2) is 7.74. The summed E-state index contributed by atoms with van der Waals surface area (Å²) >= 11 is 0. The number of piperidine rings is 1. The maximum atomic E-state index is 9.81. The molecule has 8 nitrogen and oxygen atoms in total. The Morgan fingerprint density at radius 2 is 1.89 bits per heavy atom. The Morgan fingerprint density at radius 3 is 2.50 bits per heavy atom. The molecule has 0 saturated carbocycles. The van der Waals surface area contributed by atoms with Gasteiger partial charge in [0.2, 0.25) is 0 Å². The number of aliphatic hydroxyl groups is 1. The van der Waals surface area contributed by atoms with Gasteiger partial charge in [0.1, 0.15) is 6.61 Å². The smallest absolute Gasteiger partial charge is 0.278 e. The third-order valence-corrected chi connectivity index (χ3v) is 5.15. The minimum Gasteiger partial charge on any atom is -0.388 e. The normalized spacial score (nSPS) is 15.9. The third-order valence-electron chi connectivity index (χ3n) is 5.15. The molecule has 1 saturated heterocycles. The molecule has 1 N–H and O–H groups in total. The van der Waals surface area contributed by atoms with Gasteiger partial charge in [-0.25, -0.2) is 0 Å². The summed E-state index contributed by atoms with van der Waals surface area (Å²) < 4.78 is 5.05. The van der Waals surface area contributed by atoms with Gasteiger partial charge in [-0.3, -0.25) is 0 Å². The van der Waals surface area contributed by atoms with E-state index in [0.717, 1.165) is 38.2 Å². The van der Waals surface area contributed by atoms with Gasteiger partial charge in [-0.2, -0.15) is 10.2 Å². The van der Waals surface area contributed by atoms with Crippen molar-refractivity contribution in [3.63, 3.8) is 0 Å². The van der Waals surface area contributed by atoms with Crippen LogP contribution in [-0.4, -0.2) is 38.5 Å². The lowest BCUT2D eigenvalue weighted by Gasteiger charge is -2.37. The first-order valence-corrected chi connectivity index (χ1v) is 9.19. The summed E-state index contributed by atoms with van der Waals surface area (Å²) in [6, 6.07) is 16.4. The largest absolute Gasteiger partial charge is 0.388 e. The van der Waals surface area contributed by atoms with E-state index in [1.807, 2.05) is 24.3 Å². The van der Waals surface area contributed by atoms with Gasteiger partial charge in [-0.05, 0) is 37.0 Å². The molecule has 1 fully saturated rings. The van der Waals surface area contributed by atoms with Crippen LogP contribution in [0.25, 0.3) is 11.6 Å². The van der Waals surface area contributed by atoms with Gasteiger partial charge in [0.15, 0.2) is 17.3 Å². The first kappa shape index (κ1) is 18.1. The van der Waals surface area contributed by atoms with E-state index in [9.17, 15) is 5.26 Å². The van der Waals surface area contributed by atoms with Crippen molar-refractivity contribution in [2.24, 2.45) is 5.41 Å². The minimum atomic E-state index is -0.338. The lowest BCUT2D eigenvalue weighted by Crippen LogP contribution is -2.41. The number of hydrogen-bond acceptors (Lipinski definition) is 8. The summed E-state index contributed by atoms with van der Waals surface area (Å²) in [5.74, 6) is 1.20. The van der Waals surface area contributed by atoms with Gasteiger partial charge in [0.25, 0.3) is 5.89 Å². The van der Waals surface area contributed by atoms with Gasteiger partial charge in [-0.1, -0.05) is 35.5 Å². The SMILES string of the molecule is N#CC1(Cc2ccccc2)CCN(c2ccc(-c3nc(CO)no3)nn2)CC1. The molecule has 1 aliphatic rings. The van der Waals surface area contributed by atoms with E-state index in [0.29, 0.717) is 5.69 Å². The Labute approximate surface area is 162 Å². The zero-order valence-corrected chi connectivity index (χ0v) is 15.3. The highest BCUT2D eigenvalue weighted by Crippen LogP contribution is 2.35. The number of benzene rings is 1. The van der Waals surface area contributed by atoms with Crippen molar-refractivity contribution >= 4 is 5.82 Å². The average molecular weight is 376 g/mol. The fourth-order valence-corrected chi connectivity index (χ4v) is 3.51. The topological polar surface area (TPSA) is 112 Å². The summed E-state index contributed by atoms with van der Waals surface area (Å²) in [7, 11) is 0. The van der Waals surface area contributed by atoms with E-state index in [4.69, 9.17) is 9.63 Å². The Hall–Kier alpha value is -3.31. The lowest BCUT2D eigenvalue weighted by molar-refractivity contribution is 0.264. The molecule has 0 spiro atoms. The van der Waals surface area contributed by atoms with E-state index in [1.54, 1.807) is 6.07 Å². The number of nitrogens with zero attached hydrogens (tertiary/aromatic N) is 6. The zero-order valence-electron chi connectivity index (χ0n) is 15.3. The van der Waals surface area contributed by atoms with E-state index >= 15 is 0 Å². The van der Waals surface area contributed by atoms with Crippen molar-refractivity contribution in [2.75, 3.05) is 18.0 Å². The summed E-state index contributed by atoms with van der Waals surface area (Å²) in [4.78, 5) is 6.17. The molecule has 28 heavy (non-hydrogen) atoms. The van der Waals surface area contributed by atoms with E-state index in [1.165, 1.54) is 5.56 Å². The molecule has 8 heteroatoms. The number of hydrogen-bond donors (Lipinski definition) is 1. The quantitative estimate of drug-likeness (QED) is 0.722. The Kier molecular flexibility index (Phi) is 5.00. The molecule has 0 amide bonds. The van der Waals surface area contributed by atoms with Crippen molar-refractivity contribution in [3.8, 4) is 17.7 Å². The van der Waals surface area contributed by atoms with Gasteiger partial charge in [-0.15, -0.1) is 10.2 Å². The van der Waals surface area contributed by atoms with Crippen LogP contribution in [0.1, 0.15) is 24.2 Å². The number of nitriles is 1. The minimum absolute atomic E-state index is 0.211. The maximum Gasteiger partial charge on any atom is 0.278 e. The van der Waals surface area contributed by atoms with Crippen molar-refractivity contribution in [3.05, 3.63) is 53.9 Å². The van der Waals surface area contributed by atoms with Crippen LogP contribution in [-0.2, 0) is 13.0 Å². The van der Waals surface area contributed by atoms with Crippen molar-refractivity contribution in [2.45, 2.75) is 25.9 Å². The van der Waals surface area contributed by atoms with Gasteiger partial charge in [0, 0.05) is 13.1 Å². The van der Waals surface area contributed by atoms with Crippen LogP contribution < -0.4 is 4.90 Å². The fourth-order valence-electron chi connectivity index (χ4n) is 3.51. The van der Waals surface area contributed by atoms with E-state index in [2.05, 4.69) is 43.4 Å². The molecule has 2 aromatic heterocycles. The molecule has 0 bridgehead atoms. The third kappa shape index (κ3) is 3.70. The number of rotatable bonds is 5. The first-order valence-electron chi connectivity index (χ1n) is 9.19. The van der Waals surface area contributed by atoms with Crippen LogP contribution in [0.3, 0.4) is 0 Å². The molecule has 0 atom stereocenters. The van der Waals surface area contributed by atoms with Gasteiger partial charge < -0.3 is 14.5 Å². The van der Waals surface area contributed by atoms with Crippen molar-refractivity contribution in [1.29, 1.82) is 5.26 Å². The summed E-state index contributed by atoms with van der Waals surface area (Å²) in [6.45, 7) is 1.22. The molecular formula is C20H20N6O2. The maximum absolute atomic E-state index is 9.81. The number of aliphatic hydroxyl groups excluding tert-OH is 1. The standard InChI is InChI=1S/C20H20N6O2/c21-14-20(12-15-4-2-1-3-5-15)8-10-26(11-9-20)18-7-6-16(23-24-18)19-22-17(13-27)25-28-19/h1-7,27H,8-13H2. The highest BCUT2D eigenvalue weighted by molar-refractivity contribution is 5.49. The Balaban J connectivity index is 1.42. The second-order valence-electron chi connectivity index (χ2n) is 6.99. The molecule has 1 aromatic carbocycles. The molecular weight excluding hydrogens is 356 g/mol. The van der Waals surface area contributed by atoms with Crippen LogP contribution in [0, 0.1) is 16.7 Å². The highest BCUT2D eigenvalue weighted by Gasteiger charge is 2.35. The van der Waals surface area contributed by atoms with Crippen LogP contribution in [0.15, 0.2) is 47.0 Å². The van der Waals surface area contributed by atoms with Gasteiger partial charge in [0.05, 0.1) is 11.5 Å². The predicted molar refractivity (Wildman–Crippen MR) is 101 cm³/mol. The summed E-state index contributed by atoms with van der Waals surface area (Å²) in [6.07, 6.45) is 2.34. The molecule has 0 unspecified atom stereocenters. The average Bonchev–Trinajstić information content (AvgIpc) is 3.24. The number of aromatic nitrogens is 4. The summed E-state index contributed by atoms with van der Waals surface area (Å²) in [5, 5.41) is 30.9. The Morgan fingerprint density at radius 1 is 1.11 bits per heavy atom. The molecule has 0 aliphatic carbocycles. The molecule has 3 heterocycles. The van der Waals surface area contributed by atoms with E-state index in [-0.39, 0.29) is 23.7 Å². The monoisotopic (exact) mass is 376 g/mol. The van der Waals surface area contributed by atoms with E-state index < -0.39 is 0 Å². The summed E-state index contributed by atoms with van der Waals surface area (Å²) in [5.41, 5.74) is 1.32. The van der Waals surface area contributed by atoms with Crippen LogP contribution >= 0.6 is 0 Å². The first-order chi connectivity index (χ1) is 13.7. The molecule has 3 aromatic rings. The second-order valence-corrected chi connectivity index (χ2v) is 6.99. The van der Waals surface area contributed by atoms with Gasteiger partial charge >= 0.3 is 0 Å². The molecule has 0 radical (unpaired) electrons. The van der Waals surface area contributed by atoms with Crippen LogP contribution in [0.5, 0.6) is 0 Å².